The van der Waals surface area contributed by atoms with Gasteiger partial charge in [-0.05, 0) is 30.5 Å². The largest absolute Gasteiger partial charge is 0.339 e. The van der Waals surface area contributed by atoms with Crippen LogP contribution >= 0.6 is 0 Å². The molecule has 1 atom stereocenters. The maximum absolute atomic E-state index is 13.1. The van der Waals surface area contributed by atoms with E-state index in [9.17, 15) is 14.4 Å². The summed E-state index contributed by atoms with van der Waals surface area (Å²) in [6.07, 6.45) is 0. The lowest BCUT2D eigenvalue weighted by Gasteiger charge is -2.35. The first-order valence-corrected chi connectivity index (χ1v) is 10.6. The Hall–Kier alpha value is -3.19. The van der Waals surface area contributed by atoms with Crippen molar-refractivity contribution in [1.82, 2.24) is 20.0 Å². The van der Waals surface area contributed by atoms with Crippen LogP contribution in [0.25, 0.3) is 0 Å². The first kappa shape index (κ1) is 21.1. The van der Waals surface area contributed by atoms with Gasteiger partial charge in [0.25, 0.3) is 5.91 Å². The fraction of sp³-hybridized carbons (Fsp3) is 0.375. The van der Waals surface area contributed by atoms with Gasteiger partial charge in [0.05, 0.1) is 0 Å². The maximum Gasteiger partial charge on any atom is 0.325 e. The summed E-state index contributed by atoms with van der Waals surface area (Å²) in [4.78, 5) is 43.7. The first-order chi connectivity index (χ1) is 14.9. The number of hydrogen-bond acceptors (Lipinski definition) is 4. The van der Waals surface area contributed by atoms with E-state index in [0.29, 0.717) is 13.1 Å². The molecule has 1 unspecified atom stereocenters. The van der Waals surface area contributed by atoms with Gasteiger partial charge in [0.15, 0.2) is 0 Å². The van der Waals surface area contributed by atoms with E-state index in [1.54, 1.807) is 11.8 Å². The van der Waals surface area contributed by atoms with E-state index in [1.807, 2.05) is 49.4 Å². The zero-order valence-corrected chi connectivity index (χ0v) is 18.0. The Bertz CT molecular complexity index is 985. The molecule has 31 heavy (non-hydrogen) atoms. The number of carbonyl (C=O) groups excluding carboxylic acids is 3. The Morgan fingerprint density at radius 2 is 1.61 bits per heavy atom. The minimum absolute atomic E-state index is 0.197. The van der Waals surface area contributed by atoms with Crippen molar-refractivity contribution >= 4 is 17.8 Å². The maximum atomic E-state index is 13.1. The second-order valence-electron chi connectivity index (χ2n) is 8.40. The quantitative estimate of drug-likeness (QED) is 0.752. The molecule has 2 heterocycles. The molecule has 2 saturated heterocycles. The van der Waals surface area contributed by atoms with Gasteiger partial charge >= 0.3 is 6.03 Å². The van der Waals surface area contributed by atoms with Gasteiger partial charge in [-0.25, -0.2) is 4.79 Å². The number of benzene rings is 2. The molecule has 0 saturated carbocycles. The number of nitrogens with zero attached hydrogens (tertiary/aromatic N) is 3. The van der Waals surface area contributed by atoms with Crippen LogP contribution in [0.5, 0.6) is 0 Å². The van der Waals surface area contributed by atoms with Gasteiger partial charge in [0.1, 0.15) is 12.1 Å². The standard InChI is InChI=1S/C24H28N4O3/c1-18-8-6-7-11-20(18)24(2)22(30)28(23(31)25-24)17-21(29)27-14-12-26(13-15-27)16-19-9-4-3-5-10-19/h3-11H,12-17H2,1-2H3,(H,25,31). The van der Waals surface area contributed by atoms with Crippen molar-refractivity contribution in [2.75, 3.05) is 32.7 Å². The summed E-state index contributed by atoms with van der Waals surface area (Å²) in [5.41, 5.74) is 1.76. The Kier molecular flexibility index (Phi) is 5.78. The van der Waals surface area contributed by atoms with Gasteiger partial charge in [0.2, 0.25) is 5.91 Å². The smallest absolute Gasteiger partial charge is 0.325 e. The van der Waals surface area contributed by atoms with E-state index < -0.39 is 11.6 Å². The van der Waals surface area contributed by atoms with Gasteiger partial charge in [-0.15, -0.1) is 0 Å². The first-order valence-electron chi connectivity index (χ1n) is 10.6. The molecular formula is C24H28N4O3. The second kappa shape index (κ2) is 8.51. The van der Waals surface area contributed by atoms with Gasteiger partial charge in [-0.1, -0.05) is 54.6 Å². The minimum Gasteiger partial charge on any atom is -0.339 e. The lowest BCUT2D eigenvalue weighted by molar-refractivity contribution is -0.140. The summed E-state index contributed by atoms with van der Waals surface area (Å²) >= 11 is 0. The van der Waals surface area contributed by atoms with Crippen molar-refractivity contribution in [2.24, 2.45) is 0 Å². The third-order valence-electron chi connectivity index (χ3n) is 6.23. The number of aryl methyl sites for hydroxylation is 1. The molecule has 0 radical (unpaired) electrons. The van der Waals surface area contributed by atoms with Crippen LogP contribution in [0.4, 0.5) is 4.79 Å². The molecule has 0 bridgehead atoms. The van der Waals surface area contributed by atoms with E-state index in [-0.39, 0.29) is 18.4 Å². The van der Waals surface area contributed by atoms with Crippen molar-refractivity contribution in [2.45, 2.75) is 25.9 Å². The van der Waals surface area contributed by atoms with Crippen LogP contribution in [-0.2, 0) is 21.7 Å². The fourth-order valence-corrected chi connectivity index (χ4v) is 4.39. The van der Waals surface area contributed by atoms with Crippen LogP contribution in [0.15, 0.2) is 54.6 Å². The Morgan fingerprint density at radius 3 is 2.29 bits per heavy atom. The molecular weight excluding hydrogens is 392 g/mol. The molecule has 2 aromatic rings. The monoisotopic (exact) mass is 420 g/mol. The number of rotatable bonds is 5. The number of carbonyl (C=O) groups is 3. The zero-order valence-electron chi connectivity index (χ0n) is 18.0. The molecule has 0 aromatic heterocycles. The molecule has 162 valence electrons. The summed E-state index contributed by atoms with van der Waals surface area (Å²) < 4.78 is 0. The average Bonchev–Trinajstić information content (AvgIpc) is 2.99. The minimum atomic E-state index is -1.16. The number of amides is 4. The highest BCUT2D eigenvalue weighted by Crippen LogP contribution is 2.30. The summed E-state index contributed by atoms with van der Waals surface area (Å²) in [7, 11) is 0. The molecule has 1 N–H and O–H groups in total. The van der Waals surface area contributed by atoms with Crippen molar-refractivity contribution in [3.63, 3.8) is 0 Å². The van der Waals surface area contributed by atoms with Crippen molar-refractivity contribution in [3.8, 4) is 0 Å². The molecule has 0 spiro atoms. The van der Waals surface area contributed by atoms with Crippen LogP contribution in [0, 0.1) is 6.92 Å². The molecule has 7 nitrogen and oxygen atoms in total. The third kappa shape index (κ3) is 4.18. The molecule has 4 rings (SSSR count). The van der Waals surface area contributed by atoms with Crippen molar-refractivity contribution in [3.05, 3.63) is 71.3 Å². The predicted octanol–water partition coefficient (Wildman–Crippen LogP) is 2.11. The van der Waals surface area contributed by atoms with E-state index in [4.69, 9.17) is 0 Å². The van der Waals surface area contributed by atoms with E-state index >= 15 is 0 Å². The summed E-state index contributed by atoms with van der Waals surface area (Å²) in [5, 5.41) is 2.79. The van der Waals surface area contributed by atoms with Crippen LogP contribution in [0.2, 0.25) is 0 Å². The topological polar surface area (TPSA) is 73.0 Å². The number of piperazine rings is 1. The lowest BCUT2D eigenvalue weighted by atomic mass is 9.88. The third-order valence-corrected chi connectivity index (χ3v) is 6.23. The molecule has 7 heteroatoms. The normalized spacial score (nSPS) is 22.0. The summed E-state index contributed by atoms with van der Waals surface area (Å²) in [6, 6.07) is 17.2. The Labute approximate surface area is 182 Å². The Morgan fingerprint density at radius 1 is 0.968 bits per heavy atom. The molecule has 4 amide bonds. The van der Waals surface area contributed by atoms with Gasteiger partial charge in [-0.2, -0.15) is 0 Å². The fourth-order valence-electron chi connectivity index (χ4n) is 4.39. The van der Waals surface area contributed by atoms with E-state index in [2.05, 4.69) is 22.3 Å². The summed E-state index contributed by atoms with van der Waals surface area (Å²) in [5.74, 6) is -0.584. The second-order valence-corrected chi connectivity index (χ2v) is 8.40. The molecule has 2 aliphatic heterocycles. The van der Waals surface area contributed by atoms with E-state index in [1.165, 1.54) is 5.56 Å². The lowest BCUT2D eigenvalue weighted by Crippen LogP contribution is -2.51. The van der Waals surface area contributed by atoms with Crippen LogP contribution in [-0.4, -0.2) is 65.3 Å². The van der Waals surface area contributed by atoms with Crippen LogP contribution in [0.3, 0.4) is 0 Å². The highest BCUT2D eigenvalue weighted by atomic mass is 16.2. The molecule has 2 aliphatic rings. The molecule has 2 fully saturated rings. The highest BCUT2D eigenvalue weighted by molar-refractivity contribution is 6.09. The van der Waals surface area contributed by atoms with Gasteiger partial charge in [-0.3, -0.25) is 19.4 Å². The van der Waals surface area contributed by atoms with Gasteiger partial charge < -0.3 is 10.2 Å². The molecule has 2 aromatic carbocycles. The number of hydrogen-bond donors (Lipinski definition) is 1. The zero-order chi connectivity index (χ0) is 22.0. The van der Waals surface area contributed by atoms with Crippen LogP contribution < -0.4 is 5.32 Å². The Balaban J connectivity index is 1.36. The predicted molar refractivity (Wildman–Crippen MR) is 117 cm³/mol. The number of urea groups is 1. The van der Waals surface area contributed by atoms with Gasteiger partial charge in [0, 0.05) is 32.7 Å². The van der Waals surface area contributed by atoms with E-state index in [0.717, 1.165) is 35.7 Å². The number of imide groups is 1. The molecule has 0 aliphatic carbocycles. The SMILES string of the molecule is Cc1ccccc1C1(C)NC(=O)N(CC(=O)N2CCN(Cc3ccccc3)CC2)C1=O. The average molecular weight is 421 g/mol. The van der Waals surface area contributed by atoms with Crippen molar-refractivity contribution < 1.29 is 14.4 Å². The van der Waals surface area contributed by atoms with Crippen molar-refractivity contribution in [1.29, 1.82) is 0 Å². The highest BCUT2D eigenvalue weighted by Gasteiger charge is 2.50. The summed E-state index contributed by atoms with van der Waals surface area (Å²) in [6.45, 7) is 6.93. The van der Waals surface area contributed by atoms with Crippen LogP contribution in [0.1, 0.15) is 23.6 Å². The number of nitrogens with one attached hydrogen (secondary N) is 1.